The van der Waals surface area contributed by atoms with Gasteiger partial charge < -0.3 is 0 Å². The quantitative estimate of drug-likeness (QED) is 0.549. The largest absolute Gasteiger partial charge is 0.261 e. The summed E-state index contributed by atoms with van der Waals surface area (Å²) >= 11 is 1.70. The second-order valence-electron chi connectivity index (χ2n) is 5.45. The Kier molecular flexibility index (Phi) is 4.78. The minimum atomic E-state index is 0.740. The second-order valence-corrected chi connectivity index (χ2v) is 6.57. The van der Waals surface area contributed by atoms with E-state index in [0.29, 0.717) is 0 Å². The Morgan fingerprint density at radius 1 is 1.22 bits per heavy atom. The van der Waals surface area contributed by atoms with Crippen molar-refractivity contribution >= 4 is 33.6 Å². The number of thiophene rings is 1. The summed E-state index contributed by atoms with van der Waals surface area (Å²) in [4.78, 5) is 10.9. The summed E-state index contributed by atoms with van der Waals surface area (Å²) < 4.78 is 0. The van der Waals surface area contributed by atoms with Crippen molar-refractivity contribution in [3.8, 4) is 0 Å². The number of hydrazone groups is 1. The van der Waals surface area contributed by atoms with Gasteiger partial charge in [-0.25, -0.2) is 9.97 Å². The van der Waals surface area contributed by atoms with Crippen LogP contribution in [0.5, 0.6) is 0 Å². The Hall–Kier alpha value is -2.53. The van der Waals surface area contributed by atoms with Crippen LogP contribution in [0.25, 0.3) is 10.2 Å². The molecule has 23 heavy (non-hydrogen) atoms. The van der Waals surface area contributed by atoms with Gasteiger partial charge in [-0.1, -0.05) is 35.9 Å². The Balaban J connectivity index is 1.83. The third-order valence-electron chi connectivity index (χ3n) is 3.25. The first-order valence-corrected chi connectivity index (χ1v) is 8.24. The highest BCUT2D eigenvalue weighted by Gasteiger charge is 2.08. The van der Waals surface area contributed by atoms with E-state index in [9.17, 15) is 0 Å². The van der Waals surface area contributed by atoms with E-state index >= 15 is 0 Å². The highest BCUT2D eigenvalue weighted by atomic mass is 32.1. The standard InChI is InChI=1S/C18H18N4S/c1-13(2)8-9-21-22-17-16-11-15(23-18(16)20-12-19-17)10-14-6-4-3-5-7-14/h3-9,11-12H,10H2,1-2H3,(H,19,20,22). The molecule has 0 unspecified atom stereocenters. The highest BCUT2D eigenvalue weighted by Crippen LogP contribution is 2.29. The van der Waals surface area contributed by atoms with Gasteiger partial charge >= 0.3 is 0 Å². The molecular weight excluding hydrogens is 304 g/mol. The minimum Gasteiger partial charge on any atom is -0.261 e. The van der Waals surface area contributed by atoms with Crippen LogP contribution in [0.2, 0.25) is 0 Å². The molecule has 0 saturated heterocycles. The van der Waals surface area contributed by atoms with E-state index in [2.05, 4.69) is 50.8 Å². The first-order valence-electron chi connectivity index (χ1n) is 7.42. The minimum absolute atomic E-state index is 0.740. The van der Waals surface area contributed by atoms with Gasteiger partial charge in [-0.15, -0.1) is 11.3 Å². The van der Waals surface area contributed by atoms with Crippen LogP contribution in [0.4, 0.5) is 5.82 Å². The van der Waals surface area contributed by atoms with Gasteiger partial charge in [0.2, 0.25) is 0 Å². The topological polar surface area (TPSA) is 50.2 Å². The fraction of sp³-hybridized carbons (Fsp3) is 0.167. The first-order chi connectivity index (χ1) is 11.2. The molecule has 0 atom stereocenters. The maximum absolute atomic E-state index is 4.36. The second kappa shape index (κ2) is 7.15. The van der Waals surface area contributed by atoms with Crippen LogP contribution in [0.1, 0.15) is 24.3 Å². The Morgan fingerprint density at radius 3 is 2.83 bits per heavy atom. The van der Waals surface area contributed by atoms with Gasteiger partial charge in [0.25, 0.3) is 0 Å². The van der Waals surface area contributed by atoms with E-state index in [4.69, 9.17) is 0 Å². The summed E-state index contributed by atoms with van der Waals surface area (Å²) in [5, 5.41) is 5.20. The van der Waals surface area contributed by atoms with Crippen molar-refractivity contribution in [1.29, 1.82) is 0 Å². The molecule has 0 saturated carbocycles. The summed E-state index contributed by atoms with van der Waals surface area (Å²) in [6.07, 6.45) is 6.16. The number of benzene rings is 1. The molecule has 3 aromatic rings. The number of anilines is 1. The molecule has 1 N–H and O–H groups in total. The molecule has 0 aliphatic heterocycles. The molecule has 1 aromatic carbocycles. The molecule has 0 amide bonds. The number of hydrogen-bond acceptors (Lipinski definition) is 5. The average molecular weight is 322 g/mol. The smallest absolute Gasteiger partial charge is 0.158 e. The number of allylic oxidation sites excluding steroid dienone is 2. The van der Waals surface area contributed by atoms with Gasteiger partial charge in [0.15, 0.2) is 5.82 Å². The third kappa shape index (κ3) is 4.02. The van der Waals surface area contributed by atoms with E-state index in [0.717, 1.165) is 22.5 Å². The van der Waals surface area contributed by atoms with Crippen molar-refractivity contribution in [1.82, 2.24) is 9.97 Å². The number of aromatic nitrogens is 2. The zero-order valence-corrected chi connectivity index (χ0v) is 14.0. The lowest BCUT2D eigenvalue weighted by molar-refractivity contribution is 1.19. The van der Waals surface area contributed by atoms with Crippen LogP contribution in [0.3, 0.4) is 0 Å². The molecule has 4 nitrogen and oxygen atoms in total. The molecular formula is C18H18N4S. The van der Waals surface area contributed by atoms with Gasteiger partial charge in [-0.2, -0.15) is 5.10 Å². The molecule has 5 heteroatoms. The molecule has 0 aliphatic rings. The van der Waals surface area contributed by atoms with Gasteiger partial charge in [-0.05, 0) is 31.6 Å². The third-order valence-corrected chi connectivity index (χ3v) is 4.30. The Morgan fingerprint density at radius 2 is 2.04 bits per heavy atom. The summed E-state index contributed by atoms with van der Waals surface area (Å²) in [6.45, 7) is 4.06. The van der Waals surface area contributed by atoms with Crippen molar-refractivity contribution < 1.29 is 0 Å². The van der Waals surface area contributed by atoms with Crippen molar-refractivity contribution in [2.75, 3.05) is 5.43 Å². The SMILES string of the molecule is CC(C)=CC=NNc1ncnc2sc(Cc3ccccc3)cc12. The number of nitrogens with zero attached hydrogens (tertiary/aromatic N) is 3. The predicted octanol–water partition coefficient (Wildman–Crippen LogP) is 4.65. The molecule has 0 fully saturated rings. The van der Waals surface area contributed by atoms with Crippen LogP contribution in [0.15, 0.2) is 59.5 Å². The molecule has 0 bridgehead atoms. The number of hydrogen-bond donors (Lipinski definition) is 1. The van der Waals surface area contributed by atoms with Crippen molar-refractivity contribution in [3.05, 3.63) is 64.8 Å². The Labute approximate surface area is 139 Å². The fourth-order valence-electron chi connectivity index (χ4n) is 2.16. The van der Waals surface area contributed by atoms with E-state index < -0.39 is 0 Å². The Bertz CT molecular complexity index is 846. The van der Waals surface area contributed by atoms with Crippen molar-refractivity contribution in [2.24, 2.45) is 5.10 Å². The maximum Gasteiger partial charge on any atom is 0.158 e. The summed E-state index contributed by atoms with van der Waals surface area (Å²) in [7, 11) is 0. The monoisotopic (exact) mass is 322 g/mol. The zero-order valence-electron chi connectivity index (χ0n) is 13.2. The van der Waals surface area contributed by atoms with E-state index in [-0.39, 0.29) is 0 Å². The van der Waals surface area contributed by atoms with Crippen LogP contribution < -0.4 is 5.43 Å². The normalized spacial score (nSPS) is 11.0. The van der Waals surface area contributed by atoms with Crippen LogP contribution >= 0.6 is 11.3 Å². The molecule has 0 spiro atoms. The van der Waals surface area contributed by atoms with Crippen LogP contribution in [0, 0.1) is 0 Å². The molecule has 116 valence electrons. The van der Waals surface area contributed by atoms with Crippen molar-refractivity contribution in [2.45, 2.75) is 20.3 Å². The van der Waals surface area contributed by atoms with Crippen LogP contribution in [-0.2, 0) is 6.42 Å². The van der Waals surface area contributed by atoms with Gasteiger partial charge in [-0.3, -0.25) is 5.43 Å². The predicted molar refractivity (Wildman–Crippen MR) is 98.2 cm³/mol. The first kappa shape index (κ1) is 15.4. The molecule has 2 aromatic heterocycles. The average Bonchev–Trinajstić information content (AvgIpc) is 2.95. The molecule has 3 rings (SSSR count). The van der Waals surface area contributed by atoms with Gasteiger partial charge in [0.1, 0.15) is 11.2 Å². The number of fused-ring (bicyclic) bond motifs is 1. The zero-order chi connectivity index (χ0) is 16.1. The number of rotatable bonds is 5. The molecule has 0 aliphatic carbocycles. The lowest BCUT2D eigenvalue weighted by Crippen LogP contribution is -1.93. The van der Waals surface area contributed by atoms with Crippen LogP contribution in [-0.4, -0.2) is 16.2 Å². The number of nitrogens with one attached hydrogen (secondary N) is 1. The fourth-order valence-corrected chi connectivity index (χ4v) is 3.19. The van der Waals surface area contributed by atoms with Crippen molar-refractivity contribution in [3.63, 3.8) is 0 Å². The summed E-state index contributed by atoms with van der Waals surface area (Å²) in [5.74, 6) is 0.740. The summed E-state index contributed by atoms with van der Waals surface area (Å²) in [5.41, 5.74) is 5.49. The van der Waals surface area contributed by atoms with Gasteiger partial charge in [0.05, 0.1) is 5.39 Å². The van der Waals surface area contributed by atoms with E-state index in [1.807, 2.05) is 26.0 Å². The lowest BCUT2D eigenvalue weighted by Gasteiger charge is -1.99. The lowest BCUT2D eigenvalue weighted by atomic mass is 10.1. The maximum atomic E-state index is 4.36. The van der Waals surface area contributed by atoms with E-state index in [1.54, 1.807) is 23.9 Å². The summed E-state index contributed by atoms with van der Waals surface area (Å²) in [6, 6.07) is 12.6. The van der Waals surface area contributed by atoms with Gasteiger partial charge in [0, 0.05) is 17.5 Å². The highest BCUT2D eigenvalue weighted by molar-refractivity contribution is 7.18. The molecule has 2 heterocycles. The van der Waals surface area contributed by atoms with E-state index in [1.165, 1.54) is 16.0 Å². The molecule has 0 radical (unpaired) electrons.